The average Bonchev–Trinajstić information content (AvgIpc) is 2.97. The van der Waals surface area contributed by atoms with Crippen molar-refractivity contribution < 1.29 is 14.3 Å². The van der Waals surface area contributed by atoms with E-state index in [-0.39, 0.29) is 5.91 Å². The van der Waals surface area contributed by atoms with Gasteiger partial charge in [0.05, 0.1) is 20.1 Å². The molecule has 0 fully saturated rings. The third-order valence-electron chi connectivity index (χ3n) is 4.54. The Morgan fingerprint density at radius 1 is 1.08 bits per heavy atom. The molecule has 0 aliphatic rings. The lowest BCUT2D eigenvalue weighted by atomic mass is 10.1. The molecule has 0 bridgehead atoms. The maximum atomic E-state index is 12.6. The summed E-state index contributed by atoms with van der Waals surface area (Å²) in [5, 5.41) is 1.11. The lowest BCUT2D eigenvalue weighted by Gasteiger charge is -2.18. The second-order valence-electron chi connectivity index (χ2n) is 6.29. The third-order valence-corrected chi connectivity index (χ3v) is 4.54. The first-order valence-electron chi connectivity index (χ1n) is 8.65. The van der Waals surface area contributed by atoms with Crippen LogP contribution in [0.1, 0.15) is 11.3 Å². The van der Waals surface area contributed by atoms with E-state index in [0.717, 1.165) is 33.7 Å². The minimum Gasteiger partial charge on any atom is -0.497 e. The fourth-order valence-electron chi connectivity index (χ4n) is 2.95. The number of H-pyrrole nitrogens is 1. The van der Waals surface area contributed by atoms with Crippen LogP contribution in [-0.4, -0.2) is 43.1 Å². The van der Waals surface area contributed by atoms with E-state index in [1.54, 1.807) is 12.0 Å². The SMILES string of the molecule is COc1ccc(OCCN(C)C(=O)Cc2c(C)[nH]c3ccccc23)cc1. The Labute approximate surface area is 153 Å². The standard InChI is InChI=1S/C21H24N2O3/c1-15-19(18-6-4-5-7-20(18)22-15)14-21(24)23(2)12-13-26-17-10-8-16(25-3)9-11-17/h4-11,22H,12-14H2,1-3H3. The van der Waals surface area contributed by atoms with Gasteiger partial charge in [-0.3, -0.25) is 4.79 Å². The molecule has 0 atom stereocenters. The van der Waals surface area contributed by atoms with Gasteiger partial charge in [0.1, 0.15) is 18.1 Å². The Hall–Kier alpha value is -2.95. The molecule has 1 aromatic heterocycles. The Morgan fingerprint density at radius 2 is 1.77 bits per heavy atom. The summed E-state index contributed by atoms with van der Waals surface area (Å²) in [5.41, 5.74) is 3.18. The molecule has 2 aromatic carbocycles. The van der Waals surface area contributed by atoms with Crippen LogP contribution in [0.4, 0.5) is 0 Å². The van der Waals surface area contributed by atoms with Crippen LogP contribution in [0.25, 0.3) is 10.9 Å². The van der Waals surface area contributed by atoms with Crippen LogP contribution >= 0.6 is 0 Å². The number of para-hydroxylation sites is 1. The molecule has 0 aliphatic heterocycles. The smallest absolute Gasteiger partial charge is 0.226 e. The summed E-state index contributed by atoms with van der Waals surface area (Å²) in [5.74, 6) is 1.63. The number of hydrogen-bond acceptors (Lipinski definition) is 3. The van der Waals surface area contributed by atoms with Crippen molar-refractivity contribution >= 4 is 16.8 Å². The van der Waals surface area contributed by atoms with Gasteiger partial charge in [-0.15, -0.1) is 0 Å². The van der Waals surface area contributed by atoms with Gasteiger partial charge in [0.25, 0.3) is 0 Å². The Balaban J connectivity index is 1.55. The van der Waals surface area contributed by atoms with Gasteiger partial charge >= 0.3 is 0 Å². The largest absolute Gasteiger partial charge is 0.497 e. The highest BCUT2D eigenvalue weighted by molar-refractivity contribution is 5.90. The summed E-state index contributed by atoms with van der Waals surface area (Å²) in [7, 11) is 3.44. The minimum atomic E-state index is 0.0798. The summed E-state index contributed by atoms with van der Waals surface area (Å²) in [6.45, 7) is 2.99. The van der Waals surface area contributed by atoms with Crippen LogP contribution in [-0.2, 0) is 11.2 Å². The summed E-state index contributed by atoms with van der Waals surface area (Å²) in [4.78, 5) is 17.6. The van der Waals surface area contributed by atoms with Crippen LogP contribution in [0.3, 0.4) is 0 Å². The molecule has 1 amide bonds. The molecule has 3 aromatic rings. The first-order valence-corrected chi connectivity index (χ1v) is 8.65. The fraction of sp³-hybridized carbons (Fsp3) is 0.286. The monoisotopic (exact) mass is 352 g/mol. The lowest BCUT2D eigenvalue weighted by molar-refractivity contribution is -0.129. The number of carbonyl (C=O) groups excluding carboxylic acids is 1. The van der Waals surface area contributed by atoms with Crippen LogP contribution in [0.2, 0.25) is 0 Å². The van der Waals surface area contributed by atoms with Gasteiger partial charge in [0, 0.05) is 23.6 Å². The highest BCUT2D eigenvalue weighted by Gasteiger charge is 2.15. The minimum absolute atomic E-state index is 0.0798. The van der Waals surface area contributed by atoms with Gasteiger partial charge in [-0.05, 0) is 42.8 Å². The number of methoxy groups -OCH3 is 1. The normalized spacial score (nSPS) is 10.7. The highest BCUT2D eigenvalue weighted by Crippen LogP contribution is 2.22. The van der Waals surface area contributed by atoms with Crippen molar-refractivity contribution in [2.75, 3.05) is 27.3 Å². The van der Waals surface area contributed by atoms with E-state index in [0.29, 0.717) is 19.6 Å². The van der Waals surface area contributed by atoms with E-state index in [9.17, 15) is 4.79 Å². The molecule has 5 heteroatoms. The summed E-state index contributed by atoms with van der Waals surface area (Å²) in [6, 6.07) is 15.5. The van der Waals surface area contributed by atoms with E-state index in [2.05, 4.69) is 4.98 Å². The molecule has 0 aliphatic carbocycles. The molecular formula is C21H24N2O3. The molecule has 136 valence electrons. The van der Waals surface area contributed by atoms with Gasteiger partial charge in [0.15, 0.2) is 0 Å². The zero-order valence-electron chi connectivity index (χ0n) is 15.4. The van der Waals surface area contributed by atoms with Crippen molar-refractivity contribution in [1.82, 2.24) is 9.88 Å². The number of aryl methyl sites for hydroxylation is 1. The second-order valence-corrected chi connectivity index (χ2v) is 6.29. The number of aromatic amines is 1. The summed E-state index contributed by atoms with van der Waals surface area (Å²) < 4.78 is 10.8. The fourth-order valence-corrected chi connectivity index (χ4v) is 2.95. The highest BCUT2D eigenvalue weighted by atomic mass is 16.5. The van der Waals surface area contributed by atoms with E-state index < -0.39 is 0 Å². The van der Waals surface area contributed by atoms with Crippen LogP contribution in [0, 0.1) is 6.92 Å². The molecule has 0 saturated carbocycles. The predicted molar refractivity (Wildman–Crippen MR) is 103 cm³/mol. The number of nitrogens with zero attached hydrogens (tertiary/aromatic N) is 1. The molecule has 1 N–H and O–H groups in total. The lowest BCUT2D eigenvalue weighted by Crippen LogP contribution is -2.32. The van der Waals surface area contributed by atoms with Gasteiger partial charge in [-0.2, -0.15) is 0 Å². The summed E-state index contributed by atoms with van der Waals surface area (Å²) in [6.07, 6.45) is 0.384. The Kier molecular flexibility index (Phi) is 5.46. The number of nitrogens with one attached hydrogen (secondary N) is 1. The van der Waals surface area contributed by atoms with E-state index >= 15 is 0 Å². The molecule has 3 rings (SSSR count). The predicted octanol–water partition coefficient (Wildman–Crippen LogP) is 3.56. The van der Waals surface area contributed by atoms with Crippen LogP contribution < -0.4 is 9.47 Å². The number of benzene rings is 2. The van der Waals surface area contributed by atoms with E-state index in [4.69, 9.17) is 9.47 Å². The number of carbonyl (C=O) groups is 1. The van der Waals surface area contributed by atoms with Crippen molar-refractivity contribution in [3.63, 3.8) is 0 Å². The number of hydrogen-bond donors (Lipinski definition) is 1. The maximum Gasteiger partial charge on any atom is 0.226 e. The van der Waals surface area contributed by atoms with Gasteiger partial charge in [-0.25, -0.2) is 0 Å². The molecule has 1 heterocycles. The topological polar surface area (TPSA) is 54.6 Å². The average molecular weight is 352 g/mol. The zero-order valence-corrected chi connectivity index (χ0v) is 15.4. The van der Waals surface area contributed by atoms with Crippen LogP contribution in [0.15, 0.2) is 48.5 Å². The number of likely N-dealkylation sites (N-methyl/N-ethyl adjacent to an activating group) is 1. The van der Waals surface area contributed by atoms with Gasteiger partial charge in [0.2, 0.25) is 5.91 Å². The molecule has 26 heavy (non-hydrogen) atoms. The number of aromatic nitrogens is 1. The van der Waals surface area contributed by atoms with Crippen molar-refractivity contribution in [2.45, 2.75) is 13.3 Å². The number of ether oxygens (including phenoxy) is 2. The Bertz CT molecular complexity index is 884. The van der Waals surface area contributed by atoms with Crippen molar-refractivity contribution in [1.29, 1.82) is 0 Å². The molecule has 0 spiro atoms. The van der Waals surface area contributed by atoms with Crippen molar-refractivity contribution in [3.05, 3.63) is 59.8 Å². The number of amides is 1. The Morgan fingerprint density at radius 3 is 2.50 bits per heavy atom. The number of rotatable bonds is 7. The first kappa shape index (κ1) is 17.9. The van der Waals surface area contributed by atoms with Crippen molar-refractivity contribution in [2.24, 2.45) is 0 Å². The molecule has 0 unspecified atom stereocenters. The first-order chi connectivity index (χ1) is 12.6. The third kappa shape index (κ3) is 3.99. The quantitative estimate of drug-likeness (QED) is 0.707. The van der Waals surface area contributed by atoms with Crippen LogP contribution in [0.5, 0.6) is 11.5 Å². The second kappa shape index (κ2) is 7.95. The van der Waals surface area contributed by atoms with Gasteiger partial charge in [-0.1, -0.05) is 18.2 Å². The van der Waals surface area contributed by atoms with Gasteiger partial charge < -0.3 is 19.4 Å². The number of fused-ring (bicyclic) bond motifs is 1. The summed E-state index contributed by atoms with van der Waals surface area (Å²) >= 11 is 0. The molecule has 0 saturated heterocycles. The molecular weight excluding hydrogens is 328 g/mol. The van der Waals surface area contributed by atoms with E-state index in [1.807, 2.05) is 62.5 Å². The van der Waals surface area contributed by atoms with E-state index in [1.165, 1.54) is 0 Å². The molecule has 0 radical (unpaired) electrons. The zero-order chi connectivity index (χ0) is 18.5. The van der Waals surface area contributed by atoms with Crippen molar-refractivity contribution in [3.8, 4) is 11.5 Å². The molecule has 5 nitrogen and oxygen atoms in total. The maximum absolute atomic E-state index is 12.6.